The number of ether oxygens (including phenoxy) is 1. The molecule has 0 aliphatic carbocycles. The Bertz CT molecular complexity index is 607. The van der Waals surface area contributed by atoms with Gasteiger partial charge in [0, 0.05) is 10.6 Å². The molecule has 0 spiro atoms. The molecule has 0 saturated heterocycles. The van der Waals surface area contributed by atoms with E-state index in [-0.39, 0.29) is 11.9 Å². The summed E-state index contributed by atoms with van der Waals surface area (Å²) in [7, 11) is 1.64. The van der Waals surface area contributed by atoms with Crippen LogP contribution in [-0.2, 0) is 0 Å². The minimum absolute atomic E-state index is 0.0551. The van der Waals surface area contributed by atoms with Crippen LogP contribution in [0.4, 0.5) is 4.39 Å². The van der Waals surface area contributed by atoms with Crippen molar-refractivity contribution in [2.45, 2.75) is 17.9 Å². The number of benzene rings is 2. The number of methoxy groups -OCH3 is 1. The number of thioether (sulfide) groups is 1. The number of nitrogens with one attached hydrogen (secondary N) is 1. The van der Waals surface area contributed by atoms with Gasteiger partial charge in [-0.25, -0.2) is 4.39 Å². The maximum atomic E-state index is 13.6. The van der Waals surface area contributed by atoms with E-state index in [1.54, 1.807) is 19.2 Å². The van der Waals surface area contributed by atoms with Crippen LogP contribution in [0.25, 0.3) is 0 Å². The van der Waals surface area contributed by atoms with Gasteiger partial charge in [-0.05, 0) is 42.3 Å². The van der Waals surface area contributed by atoms with Gasteiger partial charge in [-0.1, -0.05) is 18.2 Å². The average molecular weight is 306 g/mol. The second-order valence-electron chi connectivity index (χ2n) is 4.68. The first kappa shape index (κ1) is 15.8. The zero-order chi connectivity index (χ0) is 15.2. The van der Waals surface area contributed by atoms with Crippen molar-refractivity contribution in [2.75, 3.05) is 12.9 Å². The molecule has 2 aromatic rings. The summed E-state index contributed by atoms with van der Waals surface area (Å²) >= 11 is 1.44. The first-order valence-electron chi connectivity index (χ1n) is 6.63. The van der Waals surface area contributed by atoms with Crippen LogP contribution in [0.3, 0.4) is 0 Å². The summed E-state index contributed by atoms with van der Waals surface area (Å²) in [6.45, 7) is 2.01. The Labute approximate surface area is 128 Å². The van der Waals surface area contributed by atoms with Crippen molar-refractivity contribution < 1.29 is 9.13 Å². The van der Waals surface area contributed by atoms with E-state index >= 15 is 0 Å². The molecular formula is C16H19FN2OS. The lowest BCUT2D eigenvalue weighted by molar-refractivity contribution is 0.414. The highest BCUT2D eigenvalue weighted by atomic mass is 32.2. The lowest BCUT2D eigenvalue weighted by Crippen LogP contribution is -2.30. The minimum atomic E-state index is -0.204. The molecule has 0 heterocycles. The number of halogens is 1. The van der Waals surface area contributed by atoms with E-state index in [2.05, 4.69) is 5.43 Å². The summed E-state index contributed by atoms with van der Waals surface area (Å²) in [6, 6.07) is 12.6. The molecule has 1 atom stereocenters. The maximum absolute atomic E-state index is 13.6. The SMILES string of the molecule is COc1ccc(C(CSc2ccccc2F)NN)c(C)c1. The summed E-state index contributed by atoms with van der Waals surface area (Å²) in [4.78, 5) is 0.629. The second-order valence-corrected chi connectivity index (χ2v) is 5.75. The van der Waals surface area contributed by atoms with Crippen molar-refractivity contribution in [1.82, 2.24) is 5.43 Å². The Balaban J connectivity index is 2.11. The minimum Gasteiger partial charge on any atom is -0.497 e. The van der Waals surface area contributed by atoms with Crippen molar-refractivity contribution in [3.63, 3.8) is 0 Å². The van der Waals surface area contributed by atoms with Crippen LogP contribution in [0.5, 0.6) is 5.75 Å². The molecule has 0 fully saturated rings. The molecule has 3 N–H and O–H groups in total. The van der Waals surface area contributed by atoms with Crippen LogP contribution in [0, 0.1) is 12.7 Å². The van der Waals surface area contributed by atoms with E-state index in [0.29, 0.717) is 10.6 Å². The highest BCUT2D eigenvalue weighted by molar-refractivity contribution is 7.99. The van der Waals surface area contributed by atoms with Gasteiger partial charge in [0.1, 0.15) is 11.6 Å². The predicted octanol–water partition coefficient (Wildman–Crippen LogP) is 3.44. The number of hydrogen-bond acceptors (Lipinski definition) is 4. The van der Waals surface area contributed by atoms with E-state index in [9.17, 15) is 4.39 Å². The first-order valence-corrected chi connectivity index (χ1v) is 7.62. The molecule has 5 heteroatoms. The molecule has 2 aromatic carbocycles. The van der Waals surface area contributed by atoms with Gasteiger partial charge in [-0.3, -0.25) is 11.3 Å². The predicted molar refractivity (Wildman–Crippen MR) is 84.9 cm³/mol. The van der Waals surface area contributed by atoms with E-state index in [4.69, 9.17) is 10.6 Å². The molecule has 0 aliphatic heterocycles. The third kappa shape index (κ3) is 3.97. The molecule has 0 saturated carbocycles. The average Bonchev–Trinajstić information content (AvgIpc) is 2.50. The van der Waals surface area contributed by atoms with Crippen LogP contribution in [0.2, 0.25) is 0 Å². The van der Waals surface area contributed by atoms with Gasteiger partial charge in [0.05, 0.1) is 13.2 Å². The largest absolute Gasteiger partial charge is 0.497 e. The smallest absolute Gasteiger partial charge is 0.136 e. The molecule has 0 radical (unpaired) electrons. The Morgan fingerprint density at radius 2 is 2.05 bits per heavy atom. The number of hydrogen-bond donors (Lipinski definition) is 2. The summed E-state index contributed by atoms with van der Waals surface area (Å²) < 4.78 is 18.8. The Kier molecular flexibility index (Phi) is 5.61. The number of nitrogens with two attached hydrogens (primary N) is 1. The first-order chi connectivity index (χ1) is 10.2. The fourth-order valence-corrected chi connectivity index (χ4v) is 3.13. The van der Waals surface area contributed by atoms with Crippen molar-refractivity contribution in [3.05, 3.63) is 59.4 Å². The van der Waals surface area contributed by atoms with Crippen molar-refractivity contribution in [1.29, 1.82) is 0 Å². The molecule has 0 bridgehead atoms. The van der Waals surface area contributed by atoms with Gasteiger partial charge in [0.2, 0.25) is 0 Å². The van der Waals surface area contributed by atoms with Gasteiger partial charge in [-0.15, -0.1) is 11.8 Å². The number of aryl methyl sites for hydroxylation is 1. The normalized spacial score (nSPS) is 12.2. The quantitative estimate of drug-likeness (QED) is 0.487. The molecule has 2 rings (SSSR count). The van der Waals surface area contributed by atoms with Crippen LogP contribution >= 0.6 is 11.8 Å². The van der Waals surface area contributed by atoms with Gasteiger partial charge in [-0.2, -0.15) is 0 Å². The summed E-state index contributed by atoms with van der Waals surface area (Å²) in [5.74, 6) is 6.91. The molecule has 1 unspecified atom stereocenters. The lowest BCUT2D eigenvalue weighted by atomic mass is 10.0. The Hall–Kier alpha value is -1.56. The summed E-state index contributed by atoms with van der Waals surface area (Å²) in [5, 5.41) is 0. The van der Waals surface area contributed by atoms with Gasteiger partial charge >= 0.3 is 0 Å². The lowest BCUT2D eigenvalue weighted by Gasteiger charge is -2.19. The van der Waals surface area contributed by atoms with E-state index in [0.717, 1.165) is 16.9 Å². The standard InChI is InChI=1S/C16H19FN2OS/c1-11-9-12(20-2)7-8-13(11)15(19-18)10-21-16-6-4-3-5-14(16)17/h3-9,15,19H,10,18H2,1-2H3. The van der Waals surface area contributed by atoms with Crippen LogP contribution < -0.4 is 16.0 Å². The number of rotatable bonds is 6. The summed E-state index contributed by atoms with van der Waals surface area (Å²) in [5.41, 5.74) is 4.98. The second kappa shape index (κ2) is 7.45. The van der Waals surface area contributed by atoms with E-state index in [1.807, 2.05) is 31.2 Å². The molecule has 112 valence electrons. The van der Waals surface area contributed by atoms with Crippen molar-refractivity contribution in [2.24, 2.45) is 5.84 Å². The third-order valence-electron chi connectivity index (χ3n) is 3.30. The molecule has 0 amide bonds. The highest BCUT2D eigenvalue weighted by Gasteiger charge is 2.14. The fourth-order valence-electron chi connectivity index (χ4n) is 2.13. The monoisotopic (exact) mass is 306 g/mol. The third-order valence-corrected chi connectivity index (χ3v) is 4.44. The highest BCUT2D eigenvalue weighted by Crippen LogP contribution is 2.29. The Morgan fingerprint density at radius 1 is 1.29 bits per heavy atom. The molecule has 0 aromatic heterocycles. The van der Waals surface area contributed by atoms with Gasteiger partial charge < -0.3 is 4.74 Å². The van der Waals surface area contributed by atoms with Crippen LogP contribution in [0.15, 0.2) is 47.4 Å². The molecule has 0 aliphatic rings. The maximum Gasteiger partial charge on any atom is 0.136 e. The summed E-state index contributed by atoms with van der Waals surface area (Å²) in [6.07, 6.45) is 0. The topological polar surface area (TPSA) is 47.3 Å². The number of hydrazine groups is 1. The molecule has 3 nitrogen and oxygen atoms in total. The molecule has 21 heavy (non-hydrogen) atoms. The Morgan fingerprint density at radius 3 is 2.67 bits per heavy atom. The van der Waals surface area contributed by atoms with Gasteiger partial charge in [0.15, 0.2) is 0 Å². The van der Waals surface area contributed by atoms with E-state index in [1.165, 1.54) is 17.8 Å². The van der Waals surface area contributed by atoms with Crippen molar-refractivity contribution in [3.8, 4) is 5.75 Å². The zero-order valence-corrected chi connectivity index (χ0v) is 12.9. The molecular weight excluding hydrogens is 287 g/mol. The van der Waals surface area contributed by atoms with Crippen LogP contribution in [-0.4, -0.2) is 12.9 Å². The van der Waals surface area contributed by atoms with Gasteiger partial charge in [0.25, 0.3) is 0 Å². The van der Waals surface area contributed by atoms with E-state index < -0.39 is 0 Å². The van der Waals surface area contributed by atoms with Crippen molar-refractivity contribution >= 4 is 11.8 Å². The van der Waals surface area contributed by atoms with Crippen LogP contribution in [0.1, 0.15) is 17.2 Å². The zero-order valence-electron chi connectivity index (χ0n) is 12.1. The fraction of sp³-hybridized carbons (Fsp3) is 0.250.